The van der Waals surface area contributed by atoms with Gasteiger partial charge in [0.15, 0.2) is 0 Å². The van der Waals surface area contributed by atoms with E-state index in [-0.39, 0.29) is 0 Å². The Labute approximate surface area is 109 Å². The molecular formula is C13H15BrN2O. The van der Waals surface area contributed by atoms with E-state index < -0.39 is 0 Å². The van der Waals surface area contributed by atoms with Crippen molar-refractivity contribution in [3.63, 3.8) is 0 Å². The maximum atomic E-state index is 6.08. The highest BCUT2D eigenvalue weighted by atomic mass is 79.9. The molecule has 0 aliphatic heterocycles. The smallest absolute Gasteiger partial charge is 0.134 e. The predicted molar refractivity (Wildman–Crippen MR) is 71.3 cm³/mol. The highest BCUT2D eigenvalue weighted by Gasteiger charge is 2.16. The first-order valence-electron chi connectivity index (χ1n) is 6.12. The van der Waals surface area contributed by atoms with Crippen LogP contribution in [0.25, 0.3) is 10.9 Å². The van der Waals surface area contributed by atoms with E-state index in [1.807, 2.05) is 12.3 Å². The molecule has 1 aliphatic carbocycles. The SMILES string of the molecule is Brc1cc2[nH]ncc2cc1OC1CCCCC1. The zero-order valence-electron chi connectivity index (χ0n) is 9.58. The molecule has 3 rings (SSSR count). The van der Waals surface area contributed by atoms with Crippen LogP contribution in [-0.4, -0.2) is 16.3 Å². The van der Waals surface area contributed by atoms with Gasteiger partial charge in [-0.25, -0.2) is 0 Å². The van der Waals surface area contributed by atoms with Gasteiger partial charge in [-0.05, 0) is 53.7 Å². The molecule has 1 fully saturated rings. The van der Waals surface area contributed by atoms with Crippen LogP contribution in [0, 0.1) is 0 Å². The molecule has 1 aromatic carbocycles. The summed E-state index contributed by atoms with van der Waals surface area (Å²) < 4.78 is 7.07. The first-order valence-corrected chi connectivity index (χ1v) is 6.91. The van der Waals surface area contributed by atoms with Crippen LogP contribution in [0.2, 0.25) is 0 Å². The second-order valence-electron chi connectivity index (χ2n) is 4.62. The summed E-state index contributed by atoms with van der Waals surface area (Å²) >= 11 is 3.56. The number of fused-ring (bicyclic) bond motifs is 1. The quantitative estimate of drug-likeness (QED) is 0.908. The number of nitrogens with zero attached hydrogens (tertiary/aromatic N) is 1. The van der Waals surface area contributed by atoms with Gasteiger partial charge in [0, 0.05) is 5.39 Å². The minimum atomic E-state index is 0.379. The maximum absolute atomic E-state index is 6.08. The maximum Gasteiger partial charge on any atom is 0.134 e. The van der Waals surface area contributed by atoms with E-state index in [9.17, 15) is 0 Å². The standard InChI is InChI=1S/C13H15BrN2O/c14-11-7-12-9(8-15-16-12)6-13(11)17-10-4-2-1-3-5-10/h6-8,10H,1-5H2,(H,15,16). The van der Waals surface area contributed by atoms with E-state index >= 15 is 0 Å². The van der Waals surface area contributed by atoms with Crippen LogP contribution in [0.3, 0.4) is 0 Å². The second kappa shape index (κ2) is 4.69. The van der Waals surface area contributed by atoms with E-state index in [2.05, 4.69) is 32.2 Å². The van der Waals surface area contributed by atoms with Gasteiger partial charge in [-0.3, -0.25) is 5.10 Å². The van der Waals surface area contributed by atoms with Crippen molar-refractivity contribution in [2.24, 2.45) is 0 Å². The minimum Gasteiger partial charge on any atom is -0.489 e. The zero-order chi connectivity index (χ0) is 11.7. The Kier molecular flexibility index (Phi) is 3.05. The van der Waals surface area contributed by atoms with Crippen molar-refractivity contribution >= 4 is 26.8 Å². The Morgan fingerprint density at radius 1 is 1.24 bits per heavy atom. The van der Waals surface area contributed by atoms with E-state index in [1.165, 1.54) is 32.1 Å². The van der Waals surface area contributed by atoms with Gasteiger partial charge in [0.05, 0.1) is 22.3 Å². The van der Waals surface area contributed by atoms with Crippen LogP contribution in [0.5, 0.6) is 5.75 Å². The lowest BCUT2D eigenvalue weighted by Gasteiger charge is -2.23. The van der Waals surface area contributed by atoms with Gasteiger partial charge in [0.2, 0.25) is 0 Å². The molecule has 0 bridgehead atoms. The molecule has 1 saturated carbocycles. The van der Waals surface area contributed by atoms with E-state index in [1.54, 1.807) is 0 Å². The summed E-state index contributed by atoms with van der Waals surface area (Å²) in [6.07, 6.45) is 8.49. The molecule has 0 amide bonds. The van der Waals surface area contributed by atoms with E-state index in [0.29, 0.717) is 6.10 Å². The Morgan fingerprint density at radius 3 is 2.88 bits per heavy atom. The van der Waals surface area contributed by atoms with E-state index in [0.717, 1.165) is 21.1 Å². The summed E-state index contributed by atoms with van der Waals surface area (Å²) in [5.41, 5.74) is 1.04. The van der Waals surface area contributed by atoms with Crippen LogP contribution in [0.15, 0.2) is 22.8 Å². The first-order chi connectivity index (χ1) is 8.33. The molecule has 1 aliphatic rings. The number of benzene rings is 1. The highest BCUT2D eigenvalue weighted by molar-refractivity contribution is 9.10. The van der Waals surface area contributed by atoms with Crippen molar-refractivity contribution in [3.05, 3.63) is 22.8 Å². The van der Waals surface area contributed by atoms with Gasteiger partial charge in [-0.15, -0.1) is 0 Å². The lowest BCUT2D eigenvalue weighted by molar-refractivity contribution is 0.154. The third-order valence-electron chi connectivity index (χ3n) is 3.34. The fourth-order valence-corrected chi connectivity index (χ4v) is 2.83. The number of hydrogen-bond acceptors (Lipinski definition) is 2. The Morgan fingerprint density at radius 2 is 2.06 bits per heavy atom. The molecule has 0 radical (unpaired) electrons. The summed E-state index contributed by atoms with van der Waals surface area (Å²) in [5.74, 6) is 0.936. The van der Waals surface area contributed by atoms with Crippen LogP contribution in [-0.2, 0) is 0 Å². The van der Waals surface area contributed by atoms with Crippen molar-refractivity contribution in [3.8, 4) is 5.75 Å². The predicted octanol–water partition coefficient (Wildman–Crippen LogP) is 4.04. The number of rotatable bonds is 2. The van der Waals surface area contributed by atoms with Crippen molar-refractivity contribution in [1.29, 1.82) is 0 Å². The Bertz CT molecular complexity index is 517. The monoisotopic (exact) mass is 294 g/mol. The topological polar surface area (TPSA) is 37.9 Å². The van der Waals surface area contributed by atoms with Gasteiger partial charge in [-0.2, -0.15) is 5.10 Å². The van der Waals surface area contributed by atoms with Crippen LogP contribution >= 0.6 is 15.9 Å². The molecule has 1 heterocycles. The number of halogens is 1. The van der Waals surface area contributed by atoms with Crippen LogP contribution in [0.1, 0.15) is 32.1 Å². The number of aromatic amines is 1. The summed E-state index contributed by atoms with van der Waals surface area (Å²) in [6.45, 7) is 0. The largest absolute Gasteiger partial charge is 0.489 e. The summed E-state index contributed by atoms with van der Waals surface area (Å²) in [5, 5.41) is 8.08. The molecule has 3 nitrogen and oxygen atoms in total. The van der Waals surface area contributed by atoms with Gasteiger partial charge >= 0.3 is 0 Å². The van der Waals surface area contributed by atoms with Gasteiger partial charge in [-0.1, -0.05) is 6.42 Å². The molecule has 1 aromatic heterocycles. The number of ether oxygens (including phenoxy) is 1. The molecule has 17 heavy (non-hydrogen) atoms. The molecule has 0 saturated heterocycles. The summed E-state index contributed by atoms with van der Waals surface area (Å²) in [6, 6.07) is 4.08. The summed E-state index contributed by atoms with van der Waals surface area (Å²) in [4.78, 5) is 0. The van der Waals surface area contributed by atoms with Crippen molar-refractivity contribution in [2.45, 2.75) is 38.2 Å². The van der Waals surface area contributed by atoms with Crippen LogP contribution < -0.4 is 4.74 Å². The lowest BCUT2D eigenvalue weighted by Crippen LogP contribution is -2.19. The molecule has 1 N–H and O–H groups in total. The Hall–Kier alpha value is -1.03. The molecule has 0 spiro atoms. The van der Waals surface area contributed by atoms with Gasteiger partial charge in [0.1, 0.15) is 5.75 Å². The van der Waals surface area contributed by atoms with Crippen molar-refractivity contribution < 1.29 is 4.74 Å². The Balaban J connectivity index is 1.85. The van der Waals surface area contributed by atoms with Crippen molar-refractivity contribution in [2.75, 3.05) is 0 Å². The minimum absolute atomic E-state index is 0.379. The number of aromatic nitrogens is 2. The van der Waals surface area contributed by atoms with Crippen molar-refractivity contribution in [1.82, 2.24) is 10.2 Å². The van der Waals surface area contributed by atoms with Gasteiger partial charge in [0.25, 0.3) is 0 Å². The third kappa shape index (κ3) is 2.32. The van der Waals surface area contributed by atoms with Crippen LogP contribution in [0.4, 0.5) is 0 Å². The average Bonchev–Trinajstić information content (AvgIpc) is 2.78. The molecule has 0 atom stereocenters. The second-order valence-corrected chi connectivity index (χ2v) is 5.47. The fraction of sp³-hybridized carbons (Fsp3) is 0.462. The highest BCUT2D eigenvalue weighted by Crippen LogP contribution is 2.32. The normalized spacial score (nSPS) is 17.5. The van der Waals surface area contributed by atoms with Gasteiger partial charge < -0.3 is 4.74 Å². The molecule has 0 unspecified atom stereocenters. The molecule has 2 aromatic rings. The number of H-pyrrole nitrogens is 1. The third-order valence-corrected chi connectivity index (χ3v) is 3.96. The molecular weight excluding hydrogens is 280 g/mol. The van der Waals surface area contributed by atoms with E-state index in [4.69, 9.17) is 4.74 Å². The first kappa shape index (κ1) is 11.1. The average molecular weight is 295 g/mol. The molecule has 90 valence electrons. The summed E-state index contributed by atoms with van der Waals surface area (Å²) in [7, 11) is 0. The lowest BCUT2D eigenvalue weighted by atomic mass is 9.98. The zero-order valence-corrected chi connectivity index (χ0v) is 11.2. The molecule has 4 heteroatoms. The number of hydrogen-bond donors (Lipinski definition) is 1. The number of nitrogens with one attached hydrogen (secondary N) is 1. The fourth-order valence-electron chi connectivity index (χ4n) is 2.40.